The summed E-state index contributed by atoms with van der Waals surface area (Å²) in [4.78, 5) is 246. The molecular weight excluding hydrogens is 1640 g/mol. The van der Waals surface area contributed by atoms with Crippen molar-refractivity contribution in [1.82, 2.24) is 89.7 Å². The van der Waals surface area contributed by atoms with E-state index >= 15 is 9.59 Å². The molecule has 26 N–H and O–H groups in total. The maximum absolute atomic E-state index is 15.1. The highest BCUT2D eigenvalue weighted by Crippen LogP contribution is 2.20. The van der Waals surface area contributed by atoms with Gasteiger partial charge in [-0.25, -0.2) is 4.98 Å². The summed E-state index contributed by atoms with van der Waals surface area (Å²) in [7, 11) is 0. The summed E-state index contributed by atoms with van der Waals surface area (Å²) in [6, 6.07) is 1.48. The number of phenols is 4. The number of H-pyrrole nitrogens is 1. The van der Waals surface area contributed by atoms with Crippen LogP contribution in [0.2, 0.25) is 0 Å². The fraction of sp³-hybridized carbons (Fsp3) is 0.457. The fourth-order valence-electron chi connectivity index (χ4n) is 12.5. The molecule has 0 bridgehead atoms. The fourth-order valence-corrected chi connectivity index (χ4v) is 13.3. The molecule has 0 aliphatic carbocycles. The minimum absolute atomic E-state index is 0.106. The van der Waals surface area contributed by atoms with Gasteiger partial charge in [-0.05, 0) is 108 Å². The number of nitrogens with one attached hydrogen (secondary N) is 16. The van der Waals surface area contributed by atoms with Crippen molar-refractivity contribution in [2.24, 2.45) is 29.2 Å². The zero-order valence-corrected chi connectivity index (χ0v) is 69.8. The third-order valence-corrected chi connectivity index (χ3v) is 20.0. The second-order valence-electron chi connectivity index (χ2n) is 30.6. The number of benzene rings is 4. The van der Waals surface area contributed by atoms with Crippen LogP contribution in [0.25, 0.3) is 0 Å². The number of nitrogens with two attached hydrogens (primary N) is 2. The lowest BCUT2D eigenvalue weighted by Gasteiger charge is -2.29. The molecule has 672 valence electrons. The number of hydrogen-bond donors (Lipinski definition) is 24. The number of primary amides is 2. The Kier molecular flexibility index (Phi) is 39.6. The first-order chi connectivity index (χ1) is 58.8. The van der Waals surface area contributed by atoms with Crippen molar-refractivity contribution in [3.05, 3.63) is 138 Å². The zero-order valence-electron chi connectivity index (χ0n) is 69.0. The Hall–Kier alpha value is -13.5. The molecule has 2 heterocycles. The maximum atomic E-state index is 15.1. The van der Waals surface area contributed by atoms with E-state index in [9.17, 15) is 103 Å². The monoisotopic (exact) mass is 1750 g/mol. The predicted octanol–water partition coefficient (Wildman–Crippen LogP) is -5.86. The molecule has 12 atom stereocenters. The smallest absolute Gasteiger partial charge is 0.245 e. The lowest BCUT2D eigenvalue weighted by molar-refractivity contribution is -0.136. The first-order valence-corrected chi connectivity index (χ1v) is 40.8. The summed E-state index contributed by atoms with van der Waals surface area (Å²) in [5.74, 6) is -21.1. The minimum atomic E-state index is -1.96. The third kappa shape index (κ3) is 34.2. The summed E-state index contributed by atoms with van der Waals surface area (Å²) in [5.41, 5.74) is 12.4. The number of amides is 17. The number of aliphatic hydroxyl groups is 2. The second-order valence-corrected chi connectivity index (χ2v) is 31.6. The number of aliphatic hydroxyl groups excluding tert-OH is 2. The Morgan fingerprint density at radius 1 is 0.411 bits per heavy atom. The summed E-state index contributed by atoms with van der Waals surface area (Å²) in [6.07, 6.45) is -0.634. The molecule has 1 aliphatic heterocycles. The molecule has 124 heavy (non-hydrogen) atoms. The van der Waals surface area contributed by atoms with E-state index in [2.05, 4.69) is 89.7 Å². The van der Waals surface area contributed by atoms with E-state index in [4.69, 9.17) is 11.5 Å². The minimum Gasteiger partial charge on any atom is -0.508 e. The SMILES string of the molecule is CC(C)C[C@@H]1NC(=O)[C@H](CO)NC(=O)CNC(=O)[C@H](Cc2ccc(O)cc2)NC(=O)[C@H](CC(C)C)NC(=O)[C@H](CO)NC(=O)[C@H](CCC(N)=O)NC(=O)[C@H](Cc2ccc(O)cc2)NC(=O)[C@H](Cc2ccc(O)cc2)NC(=O)[C@H](C(C)C)NC(=O)[C@H](Cc2c[nH]cn2)NC(=O)[C@H](Cc2ccc(O)cc2)NC(=O)CSC[C@@H](C(=O)NCC(N)=O)NC(=O)CNC1=O. The molecule has 6 rings (SSSR count). The van der Waals surface area contributed by atoms with Gasteiger partial charge in [-0.2, -0.15) is 0 Å². The second kappa shape index (κ2) is 49.5. The summed E-state index contributed by atoms with van der Waals surface area (Å²) in [6.45, 7) is 4.95. The molecule has 1 fully saturated rings. The number of nitrogens with zero attached hydrogens (tertiary/aromatic N) is 1. The summed E-state index contributed by atoms with van der Waals surface area (Å²) >= 11 is 0.737. The van der Waals surface area contributed by atoms with Crippen molar-refractivity contribution >= 4 is 112 Å². The number of aromatic amines is 1. The van der Waals surface area contributed by atoms with Crippen LogP contribution in [0, 0.1) is 17.8 Å². The number of aromatic nitrogens is 2. The normalized spacial score (nSPS) is 22.8. The van der Waals surface area contributed by atoms with E-state index < -0.39 is 255 Å². The average molecular weight is 1750 g/mol. The van der Waals surface area contributed by atoms with Crippen LogP contribution >= 0.6 is 11.8 Å². The van der Waals surface area contributed by atoms with Gasteiger partial charge in [0, 0.05) is 50.5 Å². The van der Waals surface area contributed by atoms with Crippen LogP contribution in [0.15, 0.2) is 110 Å². The van der Waals surface area contributed by atoms with Crippen molar-refractivity contribution in [3.8, 4) is 23.0 Å². The van der Waals surface area contributed by atoms with Crippen molar-refractivity contribution in [2.75, 3.05) is 44.4 Å². The number of phenolic OH excluding ortho intramolecular Hbond substituents is 4. The molecule has 1 saturated heterocycles. The van der Waals surface area contributed by atoms with Gasteiger partial charge in [0.2, 0.25) is 100 Å². The van der Waals surface area contributed by atoms with Crippen LogP contribution in [-0.4, -0.2) is 258 Å². The highest BCUT2D eigenvalue weighted by atomic mass is 32.2. The van der Waals surface area contributed by atoms with Crippen molar-refractivity contribution in [3.63, 3.8) is 0 Å². The zero-order chi connectivity index (χ0) is 91.4. The first kappa shape index (κ1) is 99.4. The average Bonchev–Trinajstić information content (AvgIpc) is 1.03. The van der Waals surface area contributed by atoms with Crippen LogP contribution in [-0.2, 0) is 114 Å². The van der Waals surface area contributed by atoms with E-state index in [0.717, 1.165) is 11.8 Å². The van der Waals surface area contributed by atoms with Gasteiger partial charge in [-0.15, -0.1) is 11.8 Å². The molecule has 43 heteroatoms. The topological polar surface area (TPSA) is 673 Å². The lowest BCUT2D eigenvalue weighted by atomic mass is 9.99. The van der Waals surface area contributed by atoms with Gasteiger partial charge in [0.05, 0.1) is 50.6 Å². The Balaban J connectivity index is 1.41. The van der Waals surface area contributed by atoms with Gasteiger partial charge in [0.25, 0.3) is 0 Å². The van der Waals surface area contributed by atoms with Gasteiger partial charge in [-0.1, -0.05) is 90.1 Å². The van der Waals surface area contributed by atoms with Crippen molar-refractivity contribution < 1.29 is 112 Å². The van der Waals surface area contributed by atoms with Gasteiger partial charge >= 0.3 is 0 Å². The molecule has 4 aromatic carbocycles. The van der Waals surface area contributed by atoms with E-state index in [0.29, 0.717) is 16.7 Å². The third-order valence-electron chi connectivity index (χ3n) is 19.0. The van der Waals surface area contributed by atoms with E-state index in [1.54, 1.807) is 27.7 Å². The number of thioether (sulfide) groups is 1. The summed E-state index contributed by atoms with van der Waals surface area (Å²) < 4.78 is 0. The number of aromatic hydroxyl groups is 4. The molecule has 17 amide bonds. The molecule has 0 radical (unpaired) electrons. The lowest BCUT2D eigenvalue weighted by Crippen LogP contribution is -2.62. The van der Waals surface area contributed by atoms with E-state index in [-0.39, 0.29) is 72.3 Å². The van der Waals surface area contributed by atoms with E-state index in [1.807, 2.05) is 0 Å². The van der Waals surface area contributed by atoms with E-state index in [1.165, 1.54) is 123 Å². The van der Waals surface area contributed by atoms with Gasteiger partial charge in [0.1, 0.15) is 95.5 Å². The van der Waals surface area contributed by atoms with Crippen LogP contribution < -0.4 is 91.2 Å². The van der Waals surface area contributed by atoms with Gasteiger partial charge in [-0.3, -0.25) is 81.5 Å². The van der Waals surface area contributed by atoms with Crippen molar-refractivity contribution in [2.45, 2.75) is 172 Å². The number of carbonyl (C=O) groups excluding carboxylic acids is 17. The molecule has 1 aliphatic rings. The highest BCUT2D eigenvalue weighted by molar-refractivity contribution is 8.00. The van der Waals surface area contributed by atoms with Crippen molar-refractivity contribution in [1.29, 1.82) is 0 Å². The molecule has 42 nitrogen and oxygen atoms in total. The molecule has 1 aromatic heterocycles. The maximum Gasteiger partial charge on any atom is 0.245 e. The Morgan fingerprint density at radius 3 is 1.16 bits per heavy atom. The van der Waals surface area contributed by atoms with Crippen LogP contribution in [0.4, 0.5) is 0 Å². The Labute approximate surface area is 716 Å². The molecule has 0 saturated carbocycles. The van der Waals surface area contributed by atoms with Gasteiger partial charge in [0.15, 0.2) is 0 Å². The molecule has 0 unspecified atom stereocenters. The number of hydrogen-bond acceptors (Lipinski definition) is 25. The Bertz CT molecular complexity index is 4520. The standard InChI is InChI=1S/C81H109N19O23S/c1-41(2)25-54-70(112)86-35-67(110)91-63(72(114)85-33-65(83)108)38-124-39-68(111)89-57(28-45-9-17-50(104)18-10-45)75(117)97-60(31-48-32-84-40-88-48)78(120)100-69(43(5)6)81(123)98-59(30-47-13-21-52(106)22-14-47)77(119)96-58(29-46-11-19-51(105)20-12-46)76(118)92-53(23-24-64(82)107)73(115)99-62(37-102)80(122)94-55(26-42(3)4)74(116)95-56(27-44-7-15-49(103)16-8-44)71(113)87-34-66(109)90-61(36-101)79(121)93-54/h7-22,32,40-43,53-63,69,101-106H,23-31,33-39H2,1-6H3,(H2,82,107)(H2,83,108)(H,84,88)(H,85,114)(H,86,112)(H,87,113)(H,89,111)(H,90,109)(H,91,110)(H,92,118)(H,93,121)(H,94,122)(H,95,116)(H,96,119)(H,97,117)(H,98,123)(H,99,115)(H,100,120)/t53-,54-,55-,56-,57-,58-,59-,60-,61-,62-,63-,69-/m0/s1. The highest BCUT2D eigenvalue weighted by Gasteiger charge is 2.39. The Morgan fingerprint density at radius 2 is 0.750 bits per heavy atom. The van der Waals surface area contributed by atoms with Gasteiger partial charge < -0.3 is 127 Å². The predicted molar refractivity (Wildman–Crippen MR) is 445 cm³/mol. The van der Waals surface area contributed by atoms with Crippen LogP contribution in [0.1, 0.15) is 95.2 Å². The number of rotatable bonds is 23. The molecule has 5 aromatic rings. The number of carbonyl (C=O) groups is 17. The molecular formula is C81H109N19O23S. The van der Waals surface area contributed by atoms with Crippen LogP contribution in [0.3, 0.4) is 0 Å². The largest absolute Gasteiger partial charge is 0.508 e. The quantitative estimate of drug-likeness (QED) is 0.0290. The number of imidazole rings is 1. The summed E-state index contributed by atoms with van der Waals surface area (Å²) in [5, 5.41) is 99.0. The van der Waals surface area contributed by atoms with Crippen LogP contribution in [0.5, 0.6) is 23.0 Å². The molecule has 0 spiro atoms. The first-order valence-electron chi connectivity index (χ1n) is 39.7.